The van der Waals surface area contributed by atoms with E-state index in [1.54, 1.807) is 24.3 Å². The molecule has 1 aliphatic heterocycles. The molecule has 0 radical (unpaired) electrons. The van der Waals surface area contributed by atoms with Crippen LogP contribution in [0, 0.1) is 0 Å². The quantitative estimate of drug-likeness (QED) is 0.811. The van der Waals surface area contributed by atoms with E-state index in [1.165, 1.54) is 0 Å². The molecule has 0 bridgehead atoms. The van der Waals surface area contributed by atoms with Gasteiger partial charge in [0.05, 0.1) is 15.7 Å². The highest BCUT2D eigenvalue weighted by Crippen LogP contribution is 2.28. The summed E-state index contributed by atoms with van der Waals surface area (Å²) in [6.45, 7) is 0. The number of carbonyl (C=O) groups excluding carboxylic acids is 1. The third-order valence-electron chi connectivity index (χ3n) is 2.08. The Labute approximate surface area is 102 Å². The molecule has 0 saturated carbocycles. The smallest absolute Gasteiger partial charge is 0.252 e. The Kier molecular flexibility index (Phi) is 2.90. The first kappa shape index (κ1) is 11.0. The van der Waals surface area contributed by atoms with E-state index in [-0.39, 0.29) is 11.7 Å². The molecule has 0 aromatic heterocycles. The first-order valence-corrected chi connectivity index (χ1v) is 5.21. The number of hydrogen-bond acceptors (Lipinski definition) is 2. The predicted octanol–water partition coefficient (Wildman–Crippen LogP) is 2.91. The number of aliphatic hydroxyl groups excluding tert-OH is 1. The Morgan fingerprint density at radius 2 is 2.06 bits per heavy atom. The molecule has 3 nitrogen and oxygen atoms in total. The first-order valence-electron chi connectivity index (χ1n) is 4.45. The van der Waals surface area contributed by atoms with Gasteiger partial charge in [-0.3, -0.25) is 4.79 Å². The average molecular weight is 256 g/mol. The molecule has 0 spiro atoms. The Hall–Kier alpha value is -1.45. The number of hydrogen-bond donors (Lipinski definition) is 2. The first-order chi connectivity index (χ1) is 7.58. The molecular weight excluding hydrogens is 249 g/mol. The van der Waals surface area contributed by atoms with E-state index in [2.05, 4.69) is 5.32 Å². The van der Waals surface area contributed by atoms with Crippen LogP contribution >= 0.6 is 23.2 Å². The summed E-state index contributed by atoms with van der Waals surface area (Å²) in [5.41, 5.74) is 0.945. The number of carbonyl (C=O) groups is 1. The highest BCUT2D eigenvalue weighted by atomic mass is 35.5. The van der Waals surface area contributed by atoms with Gasteiger partial charge >= 0.3 is 0 Å². The van der Waals surface area contributed by atoms with Crippen molar-refractivity contribution in [2.45, 2.75) is 0 Å². The van der Waals surface area contributed by atoms with E-state index in [1.807, 2.05) is 0 Å². The summed E-state index contributed by atoms with van der Waals surface area (Å²) in [7, 11) is 0. The van der Waals surface area contributed by atoms with Crippen molar-refractivity contribution >= 4 is 35.2 Å². The number of rotatable bonds is 1. The van der Waals surface area contributed by atoms with Crippen LogP contribution in [-0.2, 0) is 4.79 Å². The fourth-order valence-corrected chi connectivity index (χ4v) is 1.69. The summed E-state index contributed by atoms with van der Waals surface area (Å²) >= 11 is 11.8. The number of halogens is 2. The van der Waals surface area contributed by atoms with E-state index < -0.39 is 0 Å². The van der Waals surface area contributed by atoms with Gasteiger partial charge in [0.15, 0.2) is 0 Å². The zero-order chi connectivity index (χ0) is 11.7. The number of nitrogens with one attached hydrogen (secondary N) is 1. The fraction of sp³-hybridized carbons (Fsp3) is 0. The van der Waals surface area contributed by atoms with Crippen molar-refractivity contribution in [2.24, 2.45) is 0 Å². The molecule has 82 valence electrons. The lowest BCUT2D eigenvalue weighted by molar-refractivity contribution is -0.115. The van der Waals surface area contributed by atoms with Crippen LogP contribution in [0.3, 0.4) is 0 Å². The molecule has 1 aromatic rings. The zero-order valence-corrected chi connectivity index (χ0v) is 9.51. The van der Waals surface area contributed by atoms with Crippen molar-refractivity contribution in [3.05, 3.63) is 51.3 Å². The Bertz CT molecular complexity index is 521. The Balaban J connectivity index is 2.41. The highest BCUT2D eigenvalue weighted by molar-refractivity contribution is 6.42. The second kappa shape index (κ2) is 4.20. The minimum absolute atomic E-state index is 0.110. The van der Waals surface area contributed by atoms with Gasteiger partial charge in [-0.05, 0) is 17.7 Å². The van der Waals surface area contributed by atoms with Gasteiger partial charge in [0.2, 0.25) is 0 Å². The normalized spacial score (nSPS) is 17.5. The summed E-state index contributed by atoms with van der Waals surface area (Å²) < 4.78 is 0. The minimum Gasteiger partial charge on any atom is -0.506 e. The Morgan fingerprint density at radius 1 is 1.31 bits per heavy atom. The molecular formula is C11H7Cl2NO2. The summed E-state index contributed by atoms with van der Waals surface area (Å²) in [4.78, 5) is 11.0. The molecule has 5 heteroatoms. The molecule has 1 aromatic carbocycles. The second-order valence-corrected chi connectivity index (χ2v) is 4.01. The van der Waals surface area contributed by atoms with Crippen LogP contribution in [-0.4, -0.2) is 11.0 Å². The minimum atomic E-state index is -0.359. The van der Waals surface area contributed by atoms with Crippen molar-refractivity contribution in [1.82, 2.24) is 5.32 Å². The lowest BCUT2D eigenvalue weighted by Gasteiger charge is -2.03. The van der Waals surface area contributed by atoms with E-state index in [9.17, 15) is 9.90 Å². The van der Waals surface area contributed by atoms with Gasteiger partial charge in [-0.25, -0.2) is 0 Å². The maximum absolute atomic E-state index is 11.0. The van der Waals surface area contributed by atoms with Gasteiger partial charge in [0.1, 0.15) is 5.76 Å². The van der Waals surface area contributed by atoms with Crippen LogP contribution in [0.5, 0.6) is 0 Å². The summed E-state index contributed by atoms with van der Waals surface area (Å²) in [6.07, 6.45) is 2.66. The van der Waals surface area contributed by atoms with Crippen LogP contribution in [0.15, 0.2) is 35.7 Å². The van der Waals surface area contributed by atoms with Gasteiger partial charge in [-0.15, -0.1) is 0 Å². The van der Waals surface area contributed by atoms with Crippen LogP contribution in [0.25, 0.3) is 6.08 Å². The Morgan fingerprint density at radius 3 is 2.69 bits per heavy atom. The SMILES string of the molecule is O=C1C=C(O)/C(=C/c2cccc(Cl)c2Cl)N1. The lowest BCUT2D eigenvalue weighted by Crippen LogP contribution is -2.13. The summed E-state index contributed by atoms with van der Waals surface area (Å²) in [6, 6.07) is 5.13. The second-order valence-electron chi connectivity index (χ2n) is 3.22. The standard InChI is InChI=1S/C11H7Cl2NO2/c12-7-3-1-2-6(11(7)13)4-8-9(15)5-10(16)14-8/h1-5,15H,(H,14,16)/b8-4-. The molecule has 16 heavy (non-hydrogen) atoms. The largest absolute Gasteiger partial charge is 0.506 e. The molecule has 2 rings (SSSR count). The maximum Gasteiger partial charge on any atom is 0.252 e. The molecule has 1 aliphatic rings. The van der Waals surface area contributed by atoms with E-state index in [4.69, 9.17) is 23.2 Å². The number of amides is 1. The molecule has 1 amide bonds. The number of benzene rings is 1. The van der Waals surface area contributed by atoms with Crippen LogP contribution in [0.2, 0.25) is 10.0 Å². The van der Waals surface area contributed by atoms with Crippen molar-refractivity contribution in [3.8, 4) is 0 Å². The third kappa shape index (κ3) is 2.05. The van der Waals surface area contributed by atoms with Gasteiger partial charge in [-0.2, -0.15) is 0 Å². The van der Waals surface area contributed by atoms with Crippen LogP contribution in [0.1, 0.15) is 5.56 Å². The molecule has 1 heterocycles. The van der Waals surface area contributed by atoms with Crippen molar-refractivity contribution in [1.29, 1.82) is 0 Å². The number of aliphatic hydroxyl groups is 1. The average Bonchev–Trinajstić information content (AvgIpc) is 2.53. The summed E-state index contributed by atoms with van der Waals surface area (Å²) in [5.74, 6) is -0.469. The third-order valence-corrected chi connectivity index (χ3v) is 2.92. The molecule has 0 saturated heterocycles. The van der Waals surface area contributed by atoms with Gasteiger partial charge in [0, 0.05) is 6.08 Å². The van der Waals surface area contributed by atoms with Crippen LogP contribution in [0.4, 0.5) is 0 Å². The monoisotopic (exact) mass is 255 g/mol. The molecule has 0 aliphatic carbocycles. The molecule has 0 atom stereocenters. The summed E-state index contributed by atoms with van der Waals surface area (Å²) in [5, 5.41) is 12.7. The van der Waals surface area contributed by atoms with Crippen molar-refractivity contribution < 1.29 is 9.90 Å². The van der Waals surface area contributed by atoms with Gasteiger partial charge < -0.3 is 10.4 Å². The topological polar surface area (TPSA) is 49.3 Å². The van der Waals surface area contributed by atoms with Crippen molar-refractivity contribution in [2.75, 3.05) is 0 Å². The van der Waals surface area contributed by atoms with Crippen LogP contribution < -0.4 is 5.32 Å². The van der Waals surface area contributed by atoms with Crippen molar-refractivity contribution in [3.63, 3.8) is 0 Å². The highest BCUT2D eigenvalue weighted by Gasteiger charge is 2.16. The molecule has 2 N–H and O–H groups in total. The lowest BCUT2D eigenvalue weighted by atomic mass is 10.2. The van der Waals surface area contributed by atoms with E-state index in [0.29, 0.717) is 21.3 Å². The molecule has 0 fully saturated rings. The van der Waals surface area contributed by atoms with Gasteiger partial charge in [0.25, 0.3) is 5.91 Å². The zero-order valence-electron chi connectivity index (χ0n) is 8.00. The fourth-order valence-electron chi connectivity index (χ4n) is 1.33. The predicted molar refractivity (Wildman–Crippen MR) is 63.3 cm³/mol. The maximum atomic E-state index is 11.0. The van der Waals surface area contributed by atoms with E-state index >= 15 is 0 Å². The van der Waals surface area contributed by atoms with Gasteiger partial charge in [-0.1, -0.05) is 35.3 Å². The van der Waals surface area contributed by atoms with E-state index in [0.717, 1.165) is 6.08 Å². The molecule has 0 unspecified atom stereocenters.